The summed E-state index contributed by atoms with van der Waals surface area (Å²) >= 11 is 0. The van der Waals surface area contributed by atoms with E-state index in [2.05, 4.69) is 25.9 Å². The highest BCUT2D eigenvalue weighted by molar-refractivity contribution is 5.99. The van der Waals surface area contributed by atoms with Crippen molar-refractivity contribution in [2.45, 2.75) is 33.1 Å². The van der Waals surface area contributed by atoms with Crippen LogP contribution in [0, 0.1) is 6.92 Å². The number of nitrogens with one attached hydrogen (secondary N) is 2. The van der Waals surface area contributed by atoms with Crippen molar-refractivity contribution in [1.29, 1.82) is 0 Å². The quantitative estimate of drug-likeness (QED) is 0.418. The van der Waals surface area contributed by atoms with Gasteiger partial charge in [-0.05, 0) is 36.8 Å². The van der Waals surface area contributed by atoms with E-state index in [1.165, 1.54) is 0 Å². The smallest absolute Gasteiger partial charge is 0.326 e. The number of benzene rings is 1. The summed E-state index contributed by atoms with van der Waals surface area (Å²) < 4.78 is 13.0. The molecule has 0 atom stereocenters. The van der Waals surface area contributed by atoms with Crippen LogP contribution in [0.5, 0.6) is 11.5 Å². The minimum atomic E-state index is -0.421. The lowest BCUT2D eigenvalue weighted by Crippen LogP contribution is -2.19. The normalized spacial score (nSPS) is 11.3. The third-order valence-electron chi connectivity index (χ3n) is 4.91. The Morgan fingerprint density at radius 3 is 2.61 bits per heavy atom. The van der Waals surface area contributed by atoms with E-state index in [4.69, 9.17) is 9.26 Å². The summed E-state index contributed by atoms with van der Waals surface area (Å²) in [5.74, 6) is 1.62. The van der Waals surface area contributed by atoms with Gasteiger partial charge >= 0.3 is 6.03 Å². The van der Waals surface area contributed by atoms with E-state index in [-0.39, 0.29) is 11.3 Å². The highest BCUT2D eigenvalue weighted by atomic mass is 16.5. The standard InChI is InChI=1S/C24H26N6O3/c1-15-10-17(27-23(31)28-22-12-21(29-33-22)24(2,3)4)6-7-20(15)32-18-8-9-25-19(11-18)16-13-26-30(5)14-16/h6-14H,1-5H3,(H2,27,28,31). The molecular formula is C24H26N6O3. The number of rotatable bonds is 5. The zero-order chi connectivity index (χ0) is 23.6. The number of hydrogen-bond donors (Lipinski definition) is 2. The van der Waals surface area contributed by atoms with Gasteiger partial charge in [-0.25, -0.2) is 4.79 Å². The number of ether oxygens (including phenoxy) is 1. The van der Waals surface area contributed by atoms with Crippen LogP contribution in [0.4, 0.5) is 16.4 Å². The summed E-state index contributed by atoms with van der Waals surface area (Å²) in [6.45, 7) is 7.97. The van der Waals surface area contributed by atoms with Crippen LogP contribution in [-0.2, 0) is 12.5 Å². The molecule has 0 unspecified atom stereocenters. The molecule has 33 heavy (non-hydrogen) atoms. The zero-order valence-corrected chi connectivity index (χ0v) is 19.2. The Morgan fingerprint density at radius 1 is 1.12 bits per heavy atom. The average molecular weight is 447 g/mol. The van der Waals surface area contributed by atoms with E-state index in [1.54, 1.807) is 41.3 Å². The van der Waals surface area contributed by atoms with Crippen LogP contribution >= 0.6 is 0 Å². The Hall–Kier alpha value is -4.14. The van der Waals surface area contributed by atoms with Crippen LogP contribution in [0.25, 0.3) is 11.3 Å². The number of pyridine rings is 1. The van der Waals surface area contributed by atoms with Gasteiger partial charge in [0.2, 0.25) is 5.88 Å². The van der Waals surface area contributed by atoms with Gasteiger partial charge in [0.15, 0.2) is 0 Å². The van der Waals surface area contributed by atoms with Gasteiger partial charge in [0.05, 0.1) is 17.6 Å². The predicted octanol–water partition coefficient (Wildman–Crippen LogP) is 5.51. The van der Waals surface area contributed by atoms with Gasteiger partial charge in [-0.1, -0.05) is 25.9 Å². The molecule has 0 saturated carbocycles. The van der Waals surface area contributed by atoms with E-state index in [0.29, 0.717) is 17.2 Å². The lowest BCUT2D eigenvalue weighted by Gasteiger charge is -2.12. The van der Waals surface area contributed by atoms with Gasteiger partial charge in [0.1, 0.15) is 11.5 Å². The number of nitrogens with zero attached hydrogens (tertiary/aromatic N) is 4. The molecule has 0 saturated heterocycles. The number of carbonyl (C=O) groups excluding carboxylic acids is 1. The van der Waals surface area contributed by atoms with Crippen molar-refractivity contribution < 1.29 is 14.1 Å². The van der Waals surface area contributed by atoms with Crippen molar-refractivity contribution in [3.63, 3.8) is 0 Å². The van der Waals surface area contributed by atoms with Crippen molar-refractivity contribution >= 4 is 17.6 Å². The van der Waals surface area contributed by atoms with Crippen LogP contribution < -0.4 is 15.4 Å². The maximum atomic E-state index is 12.3. The molecule has 0 aliphatic rings. The number of hydrogen-bond acceptors (Lipinski definition) is 6. The van der Waals surface area contributed by atoms with Gasteiger partial charge < -0.3 is 14.6 Å². The minimum absolute atomic E-state index is 0.166. The maximum absolute atomic E-state index is 12.3. The van der Waals surface area contributed by atoms with Crippen molar-refractivity contribution in [3.8, 4) is 22.8 Å². The van der Waals surface area contributed by atoms with Crippen molar-refractivity contribution in [1.82, 2.24) is 19.9 Å². The van der Waals surface area contributed by atoms with Crippen LogP contribution in [0.15, 0.2) is 59.5 Å². The van der Waals surface area contributed by atoms with Crippen LogP contribution in [0.1, 0.15) is 32.0 Å². The first kappa shape index (κ1) is 22.1. The van der Waals surface area contributed by atoms with E-state index in [0.717, 1.165) is 22.5 Å². The summed E-state index contributed by atoms with van der Waals surface area (Å²) in [7, 11) is 1.86. The largest absolute Gasteiger partial charge is 0.457 e. The molecule has 9 nitrogen and oxygen atoms in total. The number of aryl methyl sites for hydroxylation is 2. The molecule has 0 aliphatic carbocycles. The molecule has 4 aromatic rings. The average Bonchev–Trinajstić information content (AvgIpc) is 3.39. The number of aromatic nitrogens is 4. The molecule has 9 heteroatoms. The molecule has 2 N–H and O–H groups in total. The number of anilines is 2. The first-order valence-electron chi connectivity index (χ1n) is 10.5. The summed E-state index contributed by atoms with van der Waals surface area (Å²) in [5.41, 5.74) is 3.76. The molecule has 170 valence electrons. The first-order valence-corrected chi connectivity index (χ1v) is 10.5. The number of carbonyl (C=O) groups is 1. The molecule has 0 spiro atoms. The SMILES string of the molecule is Cc1cc(NC(=O)Nc2cc(C(C)(C)C)no2)ccc1Oc1ccnc(-c2cnn(C)c2)c1. The fourth-order valence-electron chi connectivity index (χ4n) is 3.12. The molecule has 0 fully saturated rings. The van der Waals surface area contributed by atoms with E-state index >= 15 is 0 Å². The third-order valence-corrected chi connectivity index (χ3v) is 4.91. The lowest BCUT2D eigenvalue weighted by molar-refractivity contribution is 0.261. The second kappa shape index (κ2) is 8.78. The van der Waals surface area contributed by atoms with Gasteiger partial charge in [-0.15, -0.1) is 0 Å². The van der Waals surface area contributed by atoms with Gasteiger partial charge in [0, 0.05) is 48.2 Å². The number of amides is 2. The minimum Gasteiger partial charge on any atom is -0.457 e. The summed E-state index contributed by atoms with van der Waals surface area (Å²) in [5, 5.41) is 13.6. The van der Waals surface area contributed by atoms with Crippen LogP contribution in [-0.4, -0.2) is 26.0 Å². The van der Waals surface area contributed by atoms with Gasteiger partial charge in [0.25, 0.3) is 0 Å². The molecule has 1 aromatic carbocycles. The second-order valence-corrected chi connectivity index (χ2v) is 8.77. The van der Waals surface area contributed by atoms with Gasteiger partial charge in [-0.2, -0.15) is 5.10 Å². The Bertz CT molecular complexity index is 1290. The van der Waals surface area contributed by atoms with Crippen molar-refractivity contribution in [3.05, 3.63) is 66.2 Å². The van der Waals surface area contributed by atoms with E-state index in [9.17, 15) is 4.79 Å². The van der Waals surface area contributed by atoms with Crippen molar-refractivity contribution in [2.24, 2.45) is 7.05 Å². The fourth-order valence-corrected chi connectivity index (χ4v) is 3.12. The second-order valence-electron chi connectivity index (χ2n) is 8.77. The van der Waals surface area contributed by atoms with Crippen molar-refractivity contribution in [2.75, 3.05) is 10.6 Å². The van der Waals surface area contributed by atoms with Crippen LogP contribution in [0.2, 0.25) is 0 Å². The lowest BCUT2D eigenvalue weighted by atomic mass is 9.92. The fraction of sp³-hybridized carbons (Fsp3) is 0.250. The highest BCUT2D eigenvalue weighted by Crippen LogP contribution is 2.29. The van der Waals surface area contributed by atoms with Gasteiger partial charge in [-0.3, -0.25) is 15.0 Å². The molecule has 0 bridgehead atoms. The molecule has 4 rings (SSSR count). The topological polar surface area (TPSA) is 107 Å². The van der Waals surface area contributed by atoms with Crippen LogP contribution in [0.3, 0.4) is 0 Å². The Morgan fingerprint density at radius 2 is 1.94 bits per heavy atom. The molecule has 3 aromatic heterocycles. The Kier molecular flexibility index (Phi) is 5.87. The zero-order valence-electron chi connectivity index (χ0n) is 19.2. The van der Waals surface area contributed by atoms with E-state index < -0.39 is 6.03 Å². The Labute approximate surface area is 191 Å². The number of urea groups is 1. The summed E-state index contributed by atoms with van der Waals surface area (Å²) in [4.78, 5) is 16.7. The molecule has 0 radical (unpaired) electrons. The third kappa shape index (κ3) is 5.38. The summed E-state index contributed by atoms with van der Waals surface area (Å²) in [6.07, 6.45) is 5.35. The molecule has 0 aliphatic heterocycles. The molecule has 2 amide bonds. The summed E-state index contributed by atoms with van der Waals surface area (Å²) in [6, 6.07) is 10.4. The molecule has 3 heterocycles. The molecular weight excluding hydrogens is 420 g/mol. The first-order chi connectivity index (χ1) is 15.7. The maximum Gasteiger partial charge on any atom is 0.326 e. The highest BCUT2D eigenvalue weighted by Gasteiger charge is 2.19. The Balaban J connectivity index is 1.41. The monoisotopic (exact) mass is 446 g/mol. The van der Waals surface area contributed by atoms with E-state index in [1.807, 2.05) is 53.1 Å². The predicted molar refractivity (Wildman–Crippen MR) is 126 cm³/mol.